The molecule has 0 atom stereocenters. The zero-order chi connectivity index (χ0) is 19.2. The summed E-state index contributed by atoms with van der Waals surface area (Å²) in [5.74, 6) is 0.0342. The second kappa shape index (κ2) is 8.47. The number of nitrogens with one attached hydrogen (secondary N) is 1. The zero-order valence-electron chi connectivity index (χ0n) is 15.0. The lowest BCUT2D eigenvalue weighted by molar-refractivity contribution is 0.0520. The molecule has 0 bridgehead atoms. The minimum atomic E-state index is -0.572. The first kappa shape index (κ1) is 19.4. The van der Waals surface area contributed by atoms with Gasteiger partial charge in [0.2, 0.25) is 0 Å². The van der Waals surface area contributed by atoms with Gasteiger partial charge in [0.1, 0.15) is 30.1 Å². The first-order valence-electron chi connectivity index (χ1n) is 8.23. The second-order valence-electron chi connectivity index (χ2n) is 6.67. The standard InChI is InChI=1S/C20H22FNO4/c1-20(2,3)26-19(24)22-8-9-25-16-11-14(13-23)10-15(12-16)17-6-4-5-7-18(17)21/h4-7,10-13H,8-9H2,1-3H3,(H,22,24). The number of rotatable bonds is 6. The minimum absolute atomic E-state index is 0.179. The van der Waals surface area contributed by atoms with E-state index in [0.717, 1.165) is 0 Å². The van der Waals surface area contributed by atoms with Crippen LogP contribution in [0.15, 0.2) is 42.5 Å². The number of ether oxygens (including phenoxy) is 2. The summed E-state index contributed by atoms with van der Waals surface area (Å²) in [6, 6.07) is 11.1. The highest BCUT2D eigenvalue weighted by Crippen LogP contribution is 2.27. The van der Waals surface area contributed by atoms with Crippen LogP contribution in [-0.4, -0.2) is 31.1 Å². The maximum Gasteiger partial charge on any atom is 0.407 e. The molecule has 26 heavy (non-hydrogen) atoms. The van der Waals surface area contributed by atoms with E-state index in [1.807, 2.05) is 0 Å². The van der Waals surface area contributed by atoms with E-state index in [-0.39, 0.29) is 19.0 Å². The van der Waals surface area contributed by atoms with Crippen molar-refractivity contribution in [3.63, 3.8) is 0 Å². The first-order chi connectivity index (χ1) is 12.3. The van der Waals surface area contributed by atoms with E-state index in [4.69, 9.17) is 9.47 Å². The van der Waals surface area contributed by atoms with Crippen LogP contribution >= 0.6 is 0 Å². The predicted molar refractivity (Wildman–Crippen MR) is 97.0 cm³/mol. The highest BCUT2D eigenvalue weighted by Gasteiger charge is 2.15. The van der Waals surface area contributed by atoms with Crippen LogP contribution in [0.3, 0.4) is 0 Å². The fourth-order valence-electron chi connectivity index (χ4n) is 2.26. The van der Waals surface area contributed by atoms with E-state index in [0.29, 0.717) is 28.7 Å². The molecule has 2 rings (SSSR count). The van der Waals surface area contributed by atoms with E-state index >= 15 is 0 Å². The first-order valence-corrected chi connectivity index (χ1v) is 8.23. The maximum absolute atomic E-state index is 14.0. The Morgan fingerprint density at radius 2 is 1.92 bits per heavy atom. The fraction of sp³-hybridized carbons (Fsp3) is 0.300. The topological polar surface area (TPSA) is 64.6 Å². The van der Waals surface area contributed by atoms with Crippen molar-refractivity contribution in [2.45, 2.75) is 26.4 Å². The summed E-state index contributed by atoms with van der Waals surface area (Å²) in [6.45, 7) is 5.74. The summed E-state index contributed by atoms with van der Waals surface area (Å²) in [6.07, 6.45) is 0.144. The summed E-state index contributed by atoms with van der Waals surface area (Å²) in [5, 5.41) is 2.58. The van der Waals surface area contributed by atoms with Gasteiger partial charge < -0.3 is 14.8 Å². The summed E-state index contributed by atoms with van der Waals surface area (Å²) >= 11 is 0. The highest BCUT2D eigenvalue weighted by molar-refractivity contribution is 5.80. The van der Waals surface area contributed by atoms with Crippen LogP contribution in [-0.2, 0) is 4.74 Å². The van der Waals surface area contributed by atoms with Gasteiger partial charge in [0.25, 0.3) is 0 Å². The molecule has 0 aromatic heterocycles. The lowest BCUT2D eigenvalue weighted by atomic mass is 10.0. The average molecular weight is 359 g/mol. The van der Waals surface area contributed by atoms with Crippen molar-refractivity contribution >= 4 is 12.4 Å². The SMILES string of the molecule is CC(C)(C)OC(=O)NCCOc1cc(C=O)cc(-c2ccccc2F)c1. The third-order valence-corrected chi connectivity index (χ3v) is 3.29. The normalized spacial score (nSPS) is 10.9. The molecule has 0 aliphatic rings. The van der Waals surface area contributed by atoms with Crippen LogP contribution in [0.5, 0.6) is 5.75 Å². The van der Waals surface area contributed by atoms with Crippen molar-refractivity contribution in [1.82, 2.24) is 5.32 Å². The van der Waals surface area contributed by atoms with E-state index in [2.05, 4.69) is 5.32 Å². The molecule has 2 aromatic rings. The maximum atomic E-state index is 14.0. The molecular weight excluding hydrogens is 337 g/mol. The molecule has 5 nitrogen and oxygen atoms in total. The zero-order valence-corrected chi connectivity index (χ0v) is 15.0. The van der Waals surface area contributed by atoms with Gasteiger partial charge in [0.15, 0.2) is 0 Å². The van der Waals surface area contributed by atoms with Gasteiger partial charge in [0.05, 0.1) is 6.54 Å². The molecule has 0 radical (unpaired) electrons. The number of halogens is 1. The Labute approximate surface area is 152 Å². The van der Waals surface area contributed by atoms with E-state index in [1.54, 1.807) is 57.2 Å². The number of hydrogen-bond acceptors (Lipinski definition) is 4. The van der Waals surface area contributed by atoms with Crippen LogP contribution in [0.4, 0.5) is 9.18 Å². The number of carbonyl (C=O) groups is 2. The molecule has 0 saturated carbocycles. The molecule has 0 unspecified atom stereocenters. The van der Waals surface area contributed by atoms with Gasteiger partial charge in [-0.15, -0.1) is 0 Å². The van der Waals surface area contributed by atoms with Crippen molar-refractivity contribution in [1.29, 1.82) is 0 Å². The molecule has 0 aliphatic heterocycles. The quantitative estimate of drug-likeness (QED) is 0.620. The van der Waals surface area contributed by atoms with Crippen molar-refractivity contribution in [3.05, 3.63) is 53.8 Å². The van der Waals surface area contributed by atoms with Crippen molar-refractivity contribution < 1.29 is 23.5 Å². The van der Waals surface area contributed by atoms with Crippen LogP contribution in [0.2, 0.25) is 0 Å². The van der Waals surface area contributed by atoms with Crippen molar-refractivity contribution in [2.75, 3.05) is 13.2 Å². The van der Waals surface area contributed by atoms with Gasteiger partial charge in [-0.3, -0.25) is 4.79 Å². The minimum Gasteiger partial charge on any atom is -0.492 e. The molecule has 1 N–H and O–H groups in total. The Hall–Kier alpha value is -2.89. The Kier molecular flexibility index (Phi) is 6.33. The van der Waals surface area contributed by atoms with Gasteiger partial charge in [0, 0.05) is 11.1 Å². The molecule has 6 heteroatoms. The lowest BCUT2D eigenvalue weighted by Crippen LogP contribution is -2.34. The second-order valence-corrected chi connectivity index (χ2v) is 6.67. The number of carbonyl (C=O) groups excluding carboxylic acids is 2. The average Bonchev–Trinajstić information content (AvgIpc) is 2.57. The third-order valence-electron chi connectivity index (χ3n) is 3.29. The van der Waals surface area contributed by atoms with Gasteiger partial charge >= 0.3 is 6.09 Å². The van der Waals surface area contributed by atoms with Gasteiger partial charge in [-0.1, -0.05) is 18.2 Å². The van der Waals surface area contributed by atoms with Crippen LogP contribution < -0.4 is 10.1 Å². The molecule has 0 heterocycles. The Bertz CT molecular complexity index is 784. The number of alkyl carbamates (subject to hydrolysis) is 1. The molecule has 0 spiro atoms. The predicted octanol–water partition coefficient (Wildman–Crippen LogP) is 4.21. The molecule has 138 valence electrons. The molecule has 0 aliphatic carbocycles. The van der Waals surface area contributed by atoms with Gasteiger partial charge in [-0.05, 0) is 50.6 Å². The molecule has 2 aromatic carbocycles. The summed E-state index contributed by atoms with van der Waals surface area (Å²) in [4.78, 5) is 22.7. The lowest BCUT2D eigenvalue weighted by Gasteiger charge is -2.19. The number of benzene rings is 2. The van der Waals surface area contributed by atoms with E-state index < -0.39 is 11.7 Å². The van der Waals surface area contributed by atoms with Crippen molar-refractivity contribution in [3.8, 4) is 16.9 Å². The summed E-state index contributed by atoms with van der Waals surface area (Å²) in [5.41, 5.74) is 0.731. The number of aldehydes is 1. The van der Waals surface area contributed by atoms with Gasteiger partial charge in [-0.25, -0.2) is 9.18 Å². The Morgan fingerprint density at radius 3 is 2.58 bits per heavy atom. The Balaban J connectivity index is 2.02. The molecule has 0 saturated heterocycles. The molecule has 1 amide bonds. The van der Waals surface area contributed by atoms with Crippen LogP contribution in [0, 0.1) is 5.82 Å². The third kappa shape index (κ3) is 5.88. The Morgan fingerprint density at radius 1 is 1.19 bits per heavy atom. The fourth-order valence-corrected chi connectivity index (χ4v) is 2.26. The molecule has 0 fully saturated rings. The van der Waals surface area contributed by atoms with Gasteiger partial charge in [-0.2, -0.15) is 0 Å². The largest absolute Gasteiger partial charge is 0.492 e. The van der Waals surface area contributed by atoms with Crippen molar-refractivity contribution in [2.24, 2.45) is 0 Å². The van der Waals surface area contributed by atoms with Crippen LogP contribution in [0.1, 0.15) is 31.1 Å². The van der Waals surface area contributed by atoms with E-state index in [1.165, 1.54) is 6.07 Å². The molecular formula is C20H22FNO4. The van der Waals surface area contributed by atoms with Crippen LogP contribution in [0.25, 0.3) is 11.1 Å². The van der Waals surface area contributed by atoms with E-state index in [9.17, 15) is 14.0 Å². The smallest absolute Gasteiger partial charge is 0.407 e. The summed E-state index contributed by atoms with van der Waals surface area (Å²) in [7, 11) is 0. The monoisotopic (exact) mass is 359 g/mol. The number of hydrogen-bond donors (Lipinski definition) is 1. The number of amides is 1. The summed E-state index contributed by atoms with van der Waals surface area (Å²) < 4.78 is 24.7. The highest BCUT2D eigenvalue weighted by atomic mass is 19.1.